The molecule has 1 atom stereocenters. The summed E-state index contributed by atoms with van der Waals surface area (Å²) in [6.07, 6.45) is 3.78. The van der Waals surface area contributed by atoms with Gasteiger partial charge in [-0.25, -0.2) is 0 Å². The minimum atomic E-state index is 0.347. The predicted octanol–water partition coefficient (Wildman–Crippen LogP) is 2.36. The number of phenols is 1. The van der Waals surface area contributed by atoms with E-state index in [4.69, 9.17) is 0 Å². The van der Waals surface area contributed by atoms with Crippen molar-refractivity contribution in [3.05, 3.63) is 29.8 Å². The molecule has 1 fully saturated rings. The van der Waals surface area contributed by atoms with Crippen LogP contribution >= 0.6 is 0 Å². The monoisotopic (exact) mass is 248 g/mol. The van der Waals surface area contributed by atoms with Gasteiger partial charge in [0.2, 0.25) is 0 Å². The fourth-order valence-corrected chi connectivity index (χ4v) is 2.57. The van der Waals surface area contributed by atoms with Crippen LogP contribution in [-0.4, -0.2) is 35.7 Å². The highest BCUT2D eigenvalue weighted by atomic mass is 16.3. The molecule has 1 unspecified atom stereocenters. The molecular weight excluding hydrogens is 224 g/mol. The Kier molecular flexibility index (Phi) is 5.02. The molecule has 2 N–H and O–H groups in total. The average molecular weight is 248 g/mol. The fraction of sp³-hybridized carbons (Fsp3) is 0.600. The van der Waals surface area contributed by atoms with E-state index in [9.17, 15) is 5.11 Å². The van der Waals surface area contributed by atoms with Gasteiger partial charge >= 0.3 is 0 Å². The lowest BCUT2D eigenvalue weighted by Gasteiger charge is -2.33. The molecule has 3 nitrogen and oxygen atoms in total. The SMILES string of the molecule is CCCNC1CCCN(Cc2ccc(O)cc2)C1. The summed E-state index contributed by atoms with van der Waals surface area (Å²) in [7, 11) is 0. The Hall–Kier alpha value is -1.06. The van der Waals surface area contributed by atoms with E-state index in [1.165, 1.54) is 31.4 Å². The summed E-state index contributed by atoms with van der Waals surface area (Å²) in [4.78, 5) is 2.50. The standard InChI is InChI=1S/C15H24N2O/c1-2-9-16-14-4-3-10-17(12-14)11-13-5-7-15(18)8-6-13/h5-8,14,16,18H,2-4,9-12H2,1H3. The molecule has 0 spiro atoms. The molecule has 1 heterocycles. The summed E-state index contributed by atoms with van der Waals surface area (Å²) in [5.41, 5.74) is 1.28. The number of benzene rings is 1. The Labute approximate surface area is 110 Å². The van der Waals surface area contributed by atoms with Gasteiger partial charge in [0.25, 0.3) is 0 Å². The van der Waals surface area contributed by atoms with Gasteiger partial charge in [-0.1, -0.05) is 19.1 Å². The molecule has 0 aromatic heterocycles. The maximum atomic E-state index is 9.28. The Morgan fingerprint density at radius 2 is 2.11 bits per heavy atom. The van der Waals surface area contributed by atoms with Crippen LogP contribution in [0.2, 0.25) is 0 Å². The smallest absolute Gasteiger partial charge is 0.115 e. The summed E-state index contributed by atoms with van der Waals surface area (Å²) in [5.74, 6) is 0.347. The van der Waals surface area contributed by atoms with Crippen LogP contribution in [0.1, 0.15) is 31.7 Å². The van der Waals surface area contributed by atoms with Gasteiger partial charge in [0.05, 0.1) is 0 Å². The highest BCUT2D eigenvalue weighted by Gasteiger charge is 2.18. The lowest BCUT2D eigenvalue weighted by atomic mass is 10.0. The van der Waals surface area contributed by atoms with E-state index >= 15 is 0 Å². The van der Waals surface area contributed by atoms with E-state index in [1.54, 1.807) is 12.1 Å². The molecule has 3 heteroatoms. The number of piperidine rings is 1. The van der Waals surface area contributed by atoms with Gasteiger partial charge in [-0.2, -0.15) is 0 Å². The van der Waals surface area contributed by atoms with Crippen molar-refractivity contribution in [2.45, 2.75) is 38.8 Å². The van der Waals surface area contributed by atoms with Crippen LogP contribution in [0.5, 0.6) is 5.75 Å². The van der Waals surface area contributed by atoms with Crippen LogP contribution in [0, 0.1) is 0 Å². The first kappa shape index (κ1) is 13.4. The molecule has 0 amide bonds. The Morgan fingerprint density at radius 1 is 1.33 bits per heavy atom. The van der Waals surface area contributed by atoms with Gasteiger partial charge in [-0.3, -0.25) is 4.90 Å². The zero-order valence-corrected chi connectivity index (χ0v) is 11.2. The molecular formula is C15H24N2O. The highest BCUT2D eigenvalue weighted by Crippen LogP contribution is 2.15. The van der Waals surface area contributed by atoms with Crippen molar-refractivity contribution >= 4 is 0 Å². The van der Waals surface area contributed by atoms with E-state index in [1.807, 2.05) is 12.1 Å². The molecule has 0 bridgehead atoms. The molecule has 1 aromatic rings. The van der Waals surface area contributed by atoms with Gasteiger partial charge in [0.1, 0.15) is 5.75 Å². The van der Waals surface area contributed by atoms with Crippen LogP contribution in [0.3, 0.4) is 0 Å². The summed E-state index contributed by atoms with van der Waals surface area (Å²) >= 11 is 0. The molecule has 1 aliphatic heterocycles. The first-order valence-electron chi connectivity index (χ1n) is 7.01. The number of hydrogen-bond acceptors (Lipinski definition) is 3. The van der Waals surface area contributed by atoms with Crippen LogP contribution in [0.25, 0.3) is 0 Å². The van der Waals surface area contributed by atoms with Crippen LogP contribution < -0.4 is 5.32 Å². The van der Waals surface area contributed by atoms with Gasteiger partial charge in [-0.05, 0) is 50.0 Å². The molecule has 1 aromatic carbocycles. The second-order valence-electron chi connectivity index (χ2n) is 5.19. The molecule has 0 radical (unpaired) electrons. The Bertz CT molecular complexity index is 350. The van der Waals surface area contributed by atoms with Crippen LogP contribution in [-0.2, 0) is 6.54 Å². The van der Waals surface area contributed by atoms with Crippen molar-refractivity contribution in [3.63, 3.8) is 0 Å². The molecule has 100 valence electrons. The van der Waals surface area contributed by atoms with E-state index < -0.39 is 0 Å². The molecule has 0 aliphatic carbocycles. The number of aromatic hydroxyl groups is 1. The Balaban J connectivity index is 1.83. The average Bonchev–Trinajstić information content (AvgIpc) is 2.40. The number of hydrogen-bond donors (Lipinski definition) is 2. The number of phenolic OH excluding ortho intramolecular Hbond substituents is 1. The van der Waals surface area contributed by atoms with Crippen LogP contribution in [0.15, 0.2) is 24.3 Å². The molecule has 2 rings (SSSR count). The third-order valence-electron chi connectivity index (χ3n) is 3.53. The minimum absolute atomic E-state index is 0.347. The van der Waals surface area contributed by atoms with E-state index in [2.05, 4.69) is 17.1 Å². The molecule has 1 saturated heterocycles. The van der Waals surface area contributed by atoms with Gasteiger partial charge < -0.3 is 10.4 Å². The number of nitrogens with one attached hydrogen (secondary N) is 1. The summed E-state index contributed by atoms with van der Waals surface area (Å²) in [6.45, 7) is 6.65. The Morgan fingerprint density at radius 3 is 2.83 bits per heavy atom. The zero-order valence-electron chi connectivity index (χ0n) is 11.2. The first-order valence-corrected chi connectivity index (χ1v) is 7.01. The molecule has 1 aliphatic rings. The van der Waals surface area contributed by atoms with Crippen molar-refractivity contribution in [3.8, 4) is 5.75 Å². The largest absolute Gasteiger partial charge is 0.508 e. The summed E-state index contributed by atoms with van der Waals surface area (Å²) < 4.78 is 0. The predicted molar refractivity (Wildman–Crippen MR) is 74.7 cm³/mol. The van der Waals surface area contributed by atoms with Crippen molar-refractivity contribution in [2.75, 3.05) is 19.6 Å². The lowest BCUT2D eigenvalue weighted by molar-refractivity contribution is 0.183. The van der Waals surface area contributed by atoms with E-state index in [0.29, 0.717) is 11.8 Å². The summed E-state index contributed by atoms with van der Waals surface area (Å²) in [5, 5.41) is 12.9. The van der Waals surface area contributed by atoms with E-state index in [0.717, 1.165) is 19.6 Å². The van der Waals surface area contributed by atoms with Crippen molar-refractivity contribution < 1.29 is 5.11 Å². The number of likely N-dealkylation sites (tertiary alicyclic amines) is 1. The maximum absolute atomic E-state index is 9.28. The van der Waals surface area contributed by atoms with Crippen molar-refractivity contribution in [1.29, 1.82) is 0 Å². The van der Waals surface area contributed by atoms with E-state index in [-0.39, 0.29) is 0 Å². The lowest BCUT2D eigenvalue weighted by Crippen LogP contribution is -2.45. The first-order chi connectivity index (χ1) is 8.78. The normalized spacial score (nSPS) is 21.1. The third-order valence-corrected chi connectivity index (χ3v) is 3.53. The second-order valence-corrected chi connectivity index (χ2v) is 5.19. The fourth-order valence-electron chi connectivity index (χ4n) is 2.57. The quantitative estimate of drug-likeness (QED) is 0.839. The van der Waals surface area contributed by atoms with Gasteiger partial charge in [0.15, 0.2) is 0 Å². The second kappa shape index (κ2) is 6.76. The molecule has 18 heavy (non-hydrogen) atoms. The molecule has 0 saturated carbocycles. The van der Waals surface area contributed by atoms with Gasteiger partial charge in [0, 0.05) is 19.1 Å². The number of rotatable bonds is 5. The van der Waals surface area contributed by atoms with Crippen LogP contribution in [0.4, 0.5) is 0 Å². The van der Waals surface area contributed by atoms with Crippen molar-refractivity contribution in [1.82, 2.24) is 10.2 Å². The van der Waals surface area contributed by atoms with Gasteiger partial charge in [-0.15, -0.1) is 0 Å². The third kappa shape index (κ3) is 4.00. The number of nitrogens with zero attached hydrogens (tertiary/aromatic N) is 1. The summed E-state index contributed by atoms with van der Waals surface area (Å²) in [6, 6.07) is 8.21. The maximum Gasteiger partial charge on any atom is 0.115 e. The zero-order chi connectivity index (χ0) is 12.8. The highest BCUT2D eigenvalue weighted by molar-refractivity contribution is 5.25. The minimum Gasteiger partial charge on any atom is -0.508 e. The van der Waals surface area contributed by atoms with Crippen molar-refractivity contribution in [2.24, 2.45) is 0 Å². The topological polar surface area (TPSA) is 35.5 Å².